The van der Waals surface area contributed by atoms with Crippen molar-refractivity contribution in [3.05, 3.63) is 35.4 Å². The van der Waals surface area contributed by atoms with Gasteiger partial charge in [-0.15, -0.1) is 0 Å². The number of nitrogens with two attached hydrogens (primary N) is 1. The Hall–Kier alpha value is -1.77. The molecule has 0 aliphatic rings. The Kier molecular flexibility index (Phi) is 2.69. The molecule has 0 saturated heterocycles. The second kappa shape index (κ2) is 3.76. The molecule has 0 aliphatic heterocycles. The quantitative estimate of drug-likeness (QED) is 0.473. The Morgan fingerprint density at radius 3 is 2.77 bits per heavy atom. The molecular formula is C10H12N2O. The van der Waals surface area contributed by atoms with Crippen LogP contribution in [0.2, 0.25) is 0 Å². The first-order chi connectivity index (χ1) is 6.11. The molecule has 1 aromatic rings. The van der Waals surface area contributed by atoms with Crippen LogP contribution in [0.4, 0.5) is 0 Å². The van der Waals surface area contributed by atoms with Gasteiger partial charge in [-0.05, 0) is 30.7 Å². The van der Waals surface area contributed by atoms with E-state index in [0.717, 1.165) is 5.56 Å². The topological polar surface area (TPSA) is 70.1 Å². The molecule has 1 aromatic carbocycles. The van der Waals surface area contributed by atoms with Crippen LogP contribution >= 0.6 is 0 Å². The largest absolute Gasteiger partial charge is 0.507 e. The summed E-state index contributed by atoms with van der Waals surface area (Å²) in [6.45, 7) is 1.89. The van der Waals surface area contributed by atoms with Crippen molar-refractivity contribution in [3.63, 3.8) is 0 Å². The van der Waals surface area contributed by atoms with Crippen molar-refractivity contribution in [2.75, 3.05) is 0 Å². The van der Waals surface area contributed by atoms with Gasteiger partial charge in [0.1, 0.15) is 11.6 Å². The minimum absolute atomic E-state index is 0.0253. The van der Waals surface area contributed by atoms with Crippen LogP contribution in [0.25, 0.3) is 6.08 Å². The summed E-state index contributed by atoms with van der Waals surface area (Å²) in [5.74, 6) is 0.181. The number of aromatic hydroxyl groups is 1. The number of aryl methyl sites for hydroxylation is 1. The molecule has 0 bridgehead atoms. The van der Waals surface area contributed by atoms with Crippen LogP contribution in [0.5, 0.6) is 5.75 Å². The number of nitrogens with one attached hydrogen (secondary N) is 1. The van der Waals surface area contributed by atoms with Crippen LogP contribution in [0.3, 0.4) is 0 Å². The van der Waals surface area contributed by atoms with E-state index in [2.05, 4.69) is 0 Å². The van der Waals surface area contributed by atoms with E-state index in [4.69, 9.17) is 11.1 Å². The number of phenolic OH excluding ortho intramolecular Hbond substituents is 1. The zero-order valence-corrected chi connectivity index (χ0v) is 7.41. The zero-order valence-electron chi connectivity index (χ0n) is 7.41. The number of hydrogen-bond acceptors (Lipinski definition) is 2. The molecular weight excluding hydrogens is 164 g/mol. The summed E-state index contributed by atoms with van der Waals surface area (Å²) in [5.41, 5.74) is 6.82. The molecule has 0 atom stereocenters. The molecule has 0 radical (unpaired) electrons. The van der Waals surface area contributed by atoms with Crippen molar-refractivity contribution < 1.29 is 5.11 Å². The fourth-order valence-corrected chi connectivity index (χ4v) is 1.06. The number of amidine groups is 1. The van der Waals surface area contributed by atoms with Crippen molar-refractivity contribution >= 4 is 11.9 Å². The van der Waals surface area contributed by atoms with E-state index in [1.807, 2.05) is 13.0 Å². The van der Waals surface area contributed by atoms with Crippen LogP contribution in [0.1, 0.15) is 11.1 Å². The summed E-state index contributed by atoms with van der Waals surface area (Å²) >= 11 is 0. The molecule has 0 saturated carbocycles. The molecule has 0 heterocycles. The lowest BCUT2D eigenvalue weighted by atomic mass is 10.1. The van der Waals surface area contributed by atoms with Crippen LogP contribution in [-0.2, 0) is 0 Å². The average Bonchev–Trinajstić information content (AvgIpc) is 2.03. The second-order valence-corrected chi connectivity index (χ2v) is 2.80. The number of rotatable bonds is 2. The standard InChI is InChI=1S/C10H12N2O/c1-7-3-2-4-9(13)8(7)5-6-10(11)12/h2-6,13H,1H3,(H3,11,12)/b6-5+. The molecule has 0 aromatic heterocycles. The fraction of sp³-hybridized carbons (Fsp3) is 0.100. The Bertz CT molecular complexity index is 336. The monoisotopic (exact) mass is 176 g/mol. The van der Waals surface area contributed by atoms with Gasteiger partial charge in [0.15, 0.2) is 0 Å². The van der Waals surface area contributed by atoms with E-state index >= 15 is 0 Å². The molecule has 4 N–H and O–H groups in total. The molecule has 0 aliphatic carbocycles. The van der Waals surface area contributed by atoms with Gasteiger partial charge in [0, 0.05) is 5.56 Å². The highest BCUT2D eigenvalue weighted by Crippen LogP contribution is 2.21. The first kappa shape index (κ1) is 9.32. The molecule has 0 fully saturated rings. The Labute approximate surface area is 77.0 Å². The van der Waals surface area contributed by atoms with Gasteiger partial charge >= 0.3 is 0 Å². The Morgan fingerprint density at radius 1 is 1.54 bits per heavy atom. The minimum Gasteiger partial charge on any atom is -0.507 e. The highest BCUT2D eigenvalue weighted by atomic mass is 16.3. The molecule has 0 unspecified atom stereocenters. The number of phenols is 1. The van der Waals surface area contributed by atoms with Crippen molar-refractivity contribution in [1.29, 1.82) is 5.41 Å². The summed E-state index contributed by atoms with van der Waals surface area (Å²) in [6.07, 6.45) is 3.08. The van der Waals surface area contributed by atoms with E-state index < -0.39 is 0 Å². The summed E-state index contributed by atoms with van der Waals surface area (Å²) in [5, 5.41) is 16.4. The molecule has 13 heavy (non-hydrogen) atoms. The van der Waals surface area contributed by atoms with Gasteiger partial charge in [0.05, 0.1) is 0 Å². The predicted molar refractivity (Wildman–Crippen MR) is 53.8 cm³/mol. The summed E-state index contributed by atoms with van der Waals surface area (Å²) < 4.78 is 0. The zero-order chi connectivity index (χ0) is 9.84. The maximum Gasteiger partial charge on any atom is 0.123 e. The third-order valence-corrected chi connectivity index (χ3v) is 1.73. The van der Waals surface area contributed by atoms with Gasteiger partial charge in [-0.2, -0.15) is 0 Å². The van der Waals surface area contributed by atoms with E-state index in [1.54, 1.807) is 18.2 Å². The first-order valence-corrected chi connectivity index (χ1v) is 3.92. The lowest BCUT2D eigenvalue weighted by Crippen LogP contribution is -2.04. The van der Waals surface area contributed by atoms with Crippen LogP contribution in [0, 0.1) is 12.3 Å². The van der Waals surface area contributed by atoms with E-state index in [9.17, 15) is 5.11 Å². The van der Waals surface area contributed by atoms with Gasteiger partial charge < -0.3 is 10.8 Å². The van der Waals surface area contributed by atoms with Gasteiger partial charge in [-0.3, -0.25) is 5.41 Å². The molecule has 3 nitrogen and oxygen atoms in total. The smallest absolute Gasteiger partial charge is 0.123 e. The van der Waals surface area contributed by atoms with Gasteiger partial charge in [-0.25, -0.2) is 0 Å². The van der Waals surface area contributed by atoms with Crippen molar-refractivity contribution in [3.8, 4) is 5.75 Å². The second-order valence-electron chi connectivity index (χ2n) is 2.80. The van der Waals surface area contributed by atoms with E-state index in [0.29, 0.717) is 5.56 Å². The fourth-order valence-electron chi connectivity index (χ4n) is 1.06. The van der Waals surface area contributed by atoms with Crippen LogP contribution < -0.4 is 5.73 Å². The summed E-state index contributed by atoms with van der Waals surface area (Å²) in [7, 11) is 0. The van der Waals surface area contributed by atoms with Crippen LogP contribution in [-0.4, -0.2) is 10.9 Å². The highest BCUT2D eigenvalue weighted by Gasteiger charge is 1.99. The van der Waals surface area contributed by atoms with Gasteiger partial charge in [0.25, 0.3) is 0 Å². The summed E-state index contributed by atoms with van der Waals surface area (Å²) in [6, 6.07) is 5.27. The van der Waals surface area contributed by atoms with Crippen molar-refractivity contribution in [2.24, 2.45) is 5.73 Å². The molecule has 3 heteroatoms. The highest BCUT2D eigenvalue weighted by molar-refractivity contribution is 5.93. The van der Waals surface area contributed by atoms with Gasteiger partial charge in [0.2, 0.25) is 0 Å². The molecule has 1 rings (SSSR count). The van der Waals surface area contributed by atoms with Crippen molar-refractivity contribution in [1.82, 2.24) is 0 Å². The lowest BCUT2D eigenvalue weighted by molar-refractivity contribution is 0.473. The third kappa shape index (κ3) is 2.33. The van der Waals surface area contributed by atoms with Gasteiger partial charge in [-0.1, -0.05) is 12.1 Å². The first-order valence-electron chi connectivity index (χ1n) is 3.92. The minimum atomic E-state index is -0.0253. The third-order valence-electron chi connectivity index (χ3n) is 1.73. The maximum absolute atomic E-state index is 9.44. The number of hydrogen-bond donors (Lipinski definition) is 3. The molecule has 0 spiro atoms. The Morgan fingerprint density at radius 2 is 2.23 bits per heavy atom. The van der Waals surface area contributed by atoms with Crippen molar-refractivity contribution in [2.45, 2.75) is 6.92 Å². The SMILES string of the molecule is Cc1cccc(O)c1/C=C/C(=N)N. The average molecular weight is 176 g/mol. The maximum atomic E-state index is 9.44. The van der Waals surface area contributed by atoms with E-state index in [-0.39, 0.29) is 11.6 Å². The number of benzene rings is 1. The lowest BCUT2D eigenvalue weighted by Gasteiger charge is -2.02. The van der Waals surface area contributed by atoms with E-state index in [1.165, 1.54) is 6.08 Å². The van der Waals surface area contributed by atoms with Crippen LogP contribution in [0.15, 0.2) is 24.3 Å². The Balaban J connectivity index is 3.06. The molecule has 0 amide bonds. The summed E-state index contributed by atoms with van der Waals surface area (Å²) in [4.78, 5) is 0. The predicted octanol–water partition coefficient (Wildman–Crippen LogP) is 1.65. The molecule has 68 valence electrons. The normalized spacial score (nSPS) is 10.5.